The number of ether oxygens (including phenoxy) is 2. The van der Waals surface area contributed by atoms with Gasteiger partial charge in [0, 0.05) is 16.8 Å². The first-order valence-corrected chi connectivity index (χ1v) is 7.83. The zero-order valence-electron chi connectivity index (χ0n) is 13.8. The second-order valence-electron chi connectivity index (χ2n) is 5.93. The predicted octanol–water partition coefficient (Wildman–Crippen LogP) is 3.10. The Balaban J connectivity index is 2.04. The number of nitrogens with one attached hydrogen (secondary N) is 1. The van der Waals surface area contributed by atoms with Crippen LogP contribution >= 0.6 is 0 Å². The standard InChI is InChI=1S/C19H16N4O2/c1-10-16-17(14(9-20)18(21)25-19(16)23-22-10)13-7-11-5-3-4-6-12(11)8-15(13)24-2/h3-8,17H,21H2,1-2H3,(H,22,23)/t17-/m0/s1. The Morgan fingerprint density at radius 3 is 2.68 bits per heavy atom. The third-order valence-electron chi connectivity index (χ3n) is 4.54. The third-order valence-corrected chi connectivity index (χ3v) is 4.54. The van der Waals surface area contributed by atoms with E-state index in [0.717, 1.165) is 27.6 Å². The Hall–Kier alpha value is -3.46. The number of nitrogens with two attached hydrogens (primary N) is 1. The molecule has 0 saturated heterocycles. The number of nitrogens with zero attached hydrogens (tertiary/aromatic N) is 2. The maximum absolute atomic E-state index is 9.68. The van der Waals surface area contributed by atoms with Crippen molar-refractivity contribution in [3.63, 3.8) is 0 Å². The second kappa shape index (κ2) is 5.56. The minimum Gasteiger partial charge on any atom is -0.496 e. The van der Waals surface area contributed by atoms with E-state index in [1.54, 1.807) is 7.11 Å². The van der Waals surface area contributed by atoms with Crippen LogP contribution in [-0.2, 0) is 0 Å². The van der Waals surface area contributed by atoms with E-state index in [0.29, 0.717) is 17.2 Å². The molecule has 124 valence electrons. The lowest BCUT2D eigenvalue weighted by molar-refractivity contribution is 0.375. The molecule has 0 amide bonds. The van der Waals surface area contributed by atoms with Crippen LogP contribution in [0.2, 0.25) is 0 Å². The molecule has 6 heteroatoms. The molecule has 0 fully saturated rings. The SMILES string of the molecule is COc1cc2ccccc2cc1[C@H]1C(C#N)=C(N)Oc2n[nH]c(C)c21. The van der Waals surface area contributed by atoms with Gasteiger partial charge < -0.3 is 15.2 Å². The number of fused-ring (bicyclic) bond motifs is 2. The van der Waals surface area contributed by atoms with Crippen LogP contribution in [0.4, 0.5) is 0 Å². The number of hydrogen-bond acceptors (Lipinski definition) is 5. The molecule has 1 atom stereocenters. The van der Waals surface area contributed by atoms with Gasteiger partial charge in [0.15, 0.2) is 0 Å². The van der Waals surface area contributed by atoms with E-state index < -0.39 is 5.92 Å². The summed E-state index contributed by atoms with van der Waals surface area (Å²) in [5, 5.41) is 18.9. The van der Waals surface area contributed by atoms with Crippen LogP contribution in [0.1, 0.15) is 22.7 Å². The Morgan fingerprint density at radius 2 is 2.00 bits per heavy atom. The van der Waals surface area contributed by atoms with E-state index in [2.05, 4.69) is 16.3 Å². The number of H-pyrrole nitrogens is 1. The molecular formula is C19H16N4O2. The van der Waals surface area contributed by atoms with Crippen molar-refractivity contribution in [1.29, 1.82) is 5.26 Å². The molecule has 0 bridgehead atoms. The molecule has 1 aliphatic rings. The van der Waals surface area contributed by atoms with Crippen molar-refractivity contribution in [2.75, 3.05) is 7.11 Å². The van der Waals surface area contributed by atoms with E-state index in [1.165, 1.54) is 0 Å². The molecule has 2 heterocycles. The molecule has 1 aliphatic heterocycles. The van der Waals surface area contributed by atoms with Crippen LogP contribution in [-0.4, -0.2) is 17.3 Å². The lowest BCUT2D eigenvalue weighted by atomic mass is 9.83. The molecule has 2 aromatic carbocycles. The van der Waals surface area contributed by atoms with Gasteiger partial charge in [0.2, 0.25) is 11.8 Å². The van der Waals surface area contributed by atoms with Gasteiger partial charge in [-0.15, -0.1) is 5.10 Å². The maximum Gasteiger partial charge on any atom is 0.244 e. The highest BCUT2D eigenvalue weighted by Crippen LogP contribution is 2.46. The van der Waals surface area contributed by atoms with Crippen molar-refractivity contribution >= 4 is 10.8 Å². The number of aromatic nitrogens is 2. The summed E-state index contributed by atoms with van der Waals surface area (Å²) in [5.74, 6) is 0.765. The average molecular weight is 332 g/mol. The summed E-state index contributed by atoms with van der Waals surface area (Å²) in [6, 6.07) is 14.2. The normalized spacial score (nSPS) is 16.3. The number of methoxy groups -OCH3 is 1. The summed E-state index contributed by atoms with van der Waals surface area (Å²) in [4.78, 5) is 0. The van der Waals surface area contributed by atoms with Gasteiger partial charge >= 0.3 is 0 Å². The van der Waals surface area contributed by atoms with Gasteiger partial charge in [-0.2, -0.15) is 5.26 Å². The predicted molar refractivity (Wildman–Crippen MR) is 93.1 cm³/mol. The average Bonchev–Trinajstić information content (AvgIpc) is 2.99. The smallest absolute Gasteiger partial charge is 0.244 e. The van der Waals surface area contributed by atoms with Gasteiger partial charge in [0.25, 0.3) is 0 Å². The molecule has 4 rings (SSSR count). The first-order chi connectivity index (χ1) is 12.1. The van der Waals surface area contributed by atoms with Crippen molar-refractivity contribution in [2.24, 2.45) is 5.73 Å². The van der Waals surface area contributed by atoms with E-state index >= 15 is 0 Å². The fourth-order valence-corrected chi connectivity index (χ4v) is 3.35. The monoisotopic (exact) mass is 332 g/mol. The Bertz CT molecular complexity index is 1060. The van der Waals surface area contributed by atoms with Gasteiger partial charge in [-0.25, -0.2) is 0 Å². The van der Waals surface area contributed by atoms with E-state index in [-0.39, 0.29) is 5.88 Å². The van der Waals surface area contributed by atoms with Crippen molar-refractivity contribution < 1.29 is 9.47 Å². The molecular weight excluding hydrogens is 316 g/mol. The van der Waals surface area contributed by atoms with Gasteiger partial charge in [-0.3, -0.25) is 5.10 Å². The van der Waals surface area contributed by atoms with Gasteiger partial charge in [0.1, 0.15) is 17.4 Å². The lowest BCUT2D eigenvalue weighted by Gasteiger charge is -2.25. The van der Waals surface area contributed by atoms with Crippen LogP contribution in [0.25, 0.3) is 10.8 Å². The fourth-order valence-electron chi connectivity index (χ4n) is 3.35. The molecule has 1 aromatic heterocycles. The highest BCUT2D eigenvalue weighted by molar-refractivity contribution is 5.86. The van der Waals surface area contributed by atoms with Crippen molar-refractivity contribution in [1.82, 2.24) is 10.2 Å². The van der Waals surface area contributed by atoms with Gasteiger partial charge in [-0.1, -0.05) is 24.3 Å². The van der Waals surface area contributed by atoms with E-state index in [1.807, 2.05) is 43.3 Å². The van der Waals surface area contributed by atoms with Gasteiger partial charge in [0.05, 0.1) is 13.0 Å². The highest BCUT2D eigenvalue weighted by atomic mass is 16.5. The van der Waals surface area contributed by atoms with Crippen molar-refractivity contribution in [3.05, 3.63) is 64.7 Å². The molecule has 0 aliphatic carbocycles. The number of rotatable bonds is 2. The zero-order valence-corrected chi connectivity index (χ0v) is 13.8. The Morgan fingerprint density at radius 1 is 1.28 bits per heavy atom. The van der Waals surface area contributed by atoms with Crippen molar-refractivity contribution in [2.45, 2.75) is 12.8 Å². The quantitative estimate of drug-likeness (QED) is 0.751. The number of hydrogen-bond donors (Lipinski definition) is 2. The Kier molecular flexibility index (Phi) is 3.36. The fraction of sp³-hybridized carbons (Fsp3) is 0.158. The molecule has 3 aromatic rings. The number of aryl methyl sites for hydroxylation is 1. The van der Waals surface area contributed by atoms with Crippen molar-refractivity contribution in [3.8, 4) is 17.7 Å². The zero-order chi connectivity index (χ0) is 17.6. The van der Waals surface area contributed by atoms with Crippen LogP contribution in [0.5, 0.6) is 11.6 Å². The summed E-state index contributed by atoms with van der Waals surface area (Å²) in [5.41, 5.74) is 8.83. The maximum atomic E-state index is 9.68. The molecule has 0 unspecified atom stereocenters. The van der Waals surface area contributed by atoms with E-state index in [4.69, 9.17) is 15.2 Å². The summed E-state index contributed by atoms with van der Waals surface area (Å²) in [6.45, 7) is 1.90. The number of nitriles is 1. The molecule has 0 radical (unpaired) electrons. The van der Waals surface area contributed by atoms with E-state index in [9.17, 15) is 5.26 Å². The third kappa shape index (κ3) is 2.21. The second-order valence-corrected chi connectivity index (χ2v) is 5.93. The molecule has 3 N–H and O–H groups in total. The molecule has 0 saturated carbocycles. The summed E-state index contributed by atoms with van der Waals surface area (Å²) in [6.07, 6.45) is 0. The van der Waals surface area contributed by atoms with Crippen LogP contribution in [0.3, 0.4) is 0 Å². The Labute approximate surface area is 144 Å². The number of aromatic amines is 1. The first kappa shape index (κ1) is 15.1. The number of benzene rings is 2. The highest BCUT2D eigenvalue weighted by Gasteiger charge is 2.35. The van der Waals surface area contributed by atoms with Crippen LogP contribution < -0.4 is 15.2 Å². The number of allylic oxidation sites excluding steroid dienone is 1. The minimum absolute atomic E-state index is 0.0710. The topological polar surface area (TPSA) is 96.9 Å². The molecule has 0 spiro atoms. The summed E-state index contributed by atoms with van der Waals surface area (Å²) in [7, 11) is 1.62. The molecule has 6 nitrogen and oxygen atoms in total. The van der Waals surface area contributed by atoms with Gasteiger partial charge in [-0.05, 0) is 29.8 Å². The van der Waals surface area contributed by atoms with Crippen LogP contribution in [0, 0.1) is 18.3 Å². The molecule has 25 heavy (non-hydrogen) atoms. The largest absolute Gasteiger partial charge is 0.496 e. The first-order valence-electron chi connectivity index (χ1n) is 7.83. The summed E-state index contributed by atoms with van der Waals surface area (Å²) >= 11 is 0. The minimum atomic E-state index is -0.396. The summed E-state index contributed by atoms with van der Waals surface area (Å²) < 4.78 is 11.1. The van der Waals surface area contributed by atoms with Crippen LogP contribution in [0.15, 0.2) is 47.9 Å². The lowest BCUT2D eigenvalue weighted by Crippen LogP contribution is -2.21.